The van der Waals surface area contributed by atoms with Gasteiger partial charge in [0.25, 0.3) is 0 Å². The summed E-state index contributed by atoms with van der Waals surface area (Å²) in [6.45, 7) is 14.2. The average molecular weight is 401 g/mol. The van der Waals surface area contributed by atoms with Crippen LogP contribution in [0.2, 0.25) is 0 Å². The minimum absolute atomic E-state index is 0.224. The summed E-state index contributed by atoms with van der Waals surface area (Å²) in [6.07, 6.45) is 3.87. The van der Waals surface area contributed by atoms with Gasteiger partial charge in [-0.05, 0) is 70.9 Å². The molecule has 1 aromatic carbocycles. The van der Waals surface area contributed by atoms with Crippen molar-refractivity contribution in [1.29, 1.82) is 0 Å². The van der Waals surface area contributed by atoms with Gasteiger partial charge in [0.05, 0.1) is 12.6 Å². The average Bonchev–Trinajstić information content (AvgIpc) is 3.19. The van der Waals surface area contributed by atoms with E-state index in [1.54, 1.807) is 0 Å². The number of aliphatic imine (C=N–C) groups is 1. The molecule has 0 bridgehead atoms. The lowest BCUT2D eigenvalue weighted by Gasteiger charge is -2.22. The molecule has 0 radical (unpaired) electrons. The smallest absolute Gasteiger partial charge is 0.191 e. The number of benzene rings is 1. The maximum atomic E-state index is 4.85. The van der Waals surface area contributed by atoms with Crippen molar-refractivity contribution in [2.75, 3.05) is 70.9 Å². The zero-order chi connectivity index (χ0) is 20.5. The molecule has 0 saturated carbocycles. The van der Waals surface area contributed by atoms with Crippen LogP contribution in [0.25, 0.3) is 0 Å². The van der Waals surface area contributed by atoms with Gasteiger partial charge < -0.3 is 25.3 Å². The summed E-state index contributed by atoms with van der Waals surface area (Å²) in [4.78, 5) is 12.3. The molecule has 2 aliphatic rings. The predicted octanol–water partition coefficient (Wildman–Crippen LogP) is 2.54. The van der Waals surface area contributed by atoms with Gasteiger partial charge in [0, 0.05) is 45.0 Å². The number of guanidine groups is 1. The molecule has 2 aliphatic heterocycles. The number of anilines is 1. The third-order valence-electron chi connectivity index (χ3n) is 6.04. The highest BCUT2D eigenvalue weighted by molar-refractivity contribution is 5.80. The van der Waals surface area contributed by atoms with Gasteiger partial charge in [-0.3, -0.25) is 4.99 Å². The highest BCUT2D eigenvalue weighted by Gasteiger charge is 2.15. The van der Waals surface area contributed by atoms with E-state index in [1.165, 1.54) is 56.7 Å². The summed E-state index contributed by atoms with van der Waals surface area (Å²) in [7, 11) is 2.22. The van der Waals surface area contributed by atoms with Crippen LogP contribution in [0.3, 0.4) is 0 Å². The summed E-state index contributed by atoms with van der Waals surface area (Å²) in [6, 6.07) is 9.19. The SMILES string of the molecule is CCNC(=NCCN1CCCN(C)CC1)NC(C)c1cccc(N2CCCC2)c1. The quantitative estimate of drug-likeness (QED) is 0.544. The molecule has 6 nitrogen and oxygen atoms in total. The lowest BCUT2D eigenvalue weighted by molar-refractivity contribution is 0.283. The number of hydrogen-bond donors (Lipinski definition) is 2. The first-order valence-electron chi connectivity index (χ1n) is 11.5. The maximum Gasteiger partial charge on any atom is 0.191 e. The topological polar surface area (TPSA) is 46.1 Å². The van der Waals surface area contributed by atoms with Crippen LogP contribution in [-0.4, -0.2) is 81.7 Å². The van der Waals surface area contributed by atoms with Crippen LogP contribution in [0.1, 0.15) is 44.7 Å². The standard InChI is InChI=1S/C23H40N6/c1-4-24-23(25-11-16-28-13-8-12-27(3)17-18-28)26-20(2)21-9-7-10-22(19-21)29-14-5-6-15-29/h7,9-10,19-20H,4-6,8,11-18H2,1-3H3,(H2,24,25,26). The molecule has 2 heterocycles. The highest BCUT2D eigenvalue weighted by atomic mass is 15.2. The molecule has 0 aliphatic carbocycles. The molecule has 162 valence electrons. The van der Waals surface area contributed by atoms with Gasteiger partial charge in [0.1, 0.15) is 0 Å². The summed E-state index contributed by atoms with van der Waals surface area (Å²) in [5.74, 6) is 0.915. The van der Waals surface area contributed by atoms with E-state index in [2.05, 4.69) is 70.5 Å². The Bertz CT molecular complexity index is 640. The number of hydrogen-bond acceptors (Lipinski definition) is 4. The second kappa shape index (κ2) is 11.4. The fraction of sp³-hybridized carbons (Fsp3) is 0.696. The third kappa shape index (κ3) is 6.89. The van der Waals surface area contributed by atoms with Gasteiger partial charge in [-0.15, -0.1) is 0 Å². The largest absolute Gasteiger partial charge is 0.372 e. The first-order chi connectivity index (χ1) is 14.2. The third-order valence-corrected chi connectivity index (χ3v) is 6.04. The molecular weight excluding hydrogens is 360 g/mol. The second-order valence-electron chi connectivity index (χ2n) is 8.41. The van der Waals surface area contributed by atoms with Crippen molar-refractivity contribution in [1.82, 2.24) is 20.4 Å². The summed E-state index contributed by atoms with van der Waals surface area (Å²) < 4.78 is 0. The monoisotopic (exact) mass is 400 g/mol. The van der Waals surface area contributed by atoms with Crippen LogP contribution in [0.15, 0.2) is 29.3 Å². The Balaban J connectivity index is 1.54. The van der Waals surface area contributed by atoms with E-state index < -0.39 is 0 Å². The Morgan fingerprint density at radius 1 is 1.07 bits per heavy atom. The molecular formula is C23H40N6. The van der Waals surface area contributed by atoms with Crippen LogP contribution < -0.4 is 15.5 Å². The first kappa shape index (κ1) is 21.9. The normalized spacial score (nSPS) is 20.5. The Morgan fingerprint density at radius 2 is 1.90 bits per heavy atom. The van der Waals surface area contributed by atoms with Gasteiger partial charge in [-0.1, -0.05) is 12.1 Å². The van der Waals surface area contributed by atoms with Crippen molar-refractivity contribution in [3.05, 3.63) is 29.8 Å². The Hall–Kier alpha value is -1.79. The van der Waals surface area contributed by atoms with Crippen molar-refractivity contribution < 1.29 is 0 Å². The van der Waals surface area contributed by atoms with Crippen LogP contribution in [0.4, 0.5) is 5.69 Å². The van der Waals surface area contributed by atoms with Gasteiger partial charge in [-0.2, -0.15) is 0 Å². The molecule has 1 unspecified atom stereocenters. The van der Waals surface area contributed by atoms with E-state index in [0.717, 1.165) is 38.7 Å². The molecule has 29 heavy (non-hydrogen) atoms. The number of likely N-dealkylation sites (N-methyl/N-ethyl adjacent to an activating group) is 1. The fourth-order valence-corrected chi connectivity index (χ4v) is 4.20. The fourth-order valence-electron chi connectivity index (χ4n) is 4.20. The zero-order valence-electron chi connectivity index (χ0n) is 18.7. The Labute approximate surface area is 177 Å². The van der Waals surface area contributed by atoms with E-state index in [-0.39, 0.29) is 6.04 Å². The summed E-state index contributed by atoms with van der Waals surface area (Å²) in [5.41, 5.74) is 2.66. The van der Waals surface area contributed by atoms with E-state index in [1.807, 2.05) is 0 Å². The van der Waals surface area contributed by atoms with Crippen molar-refractivity contribution in [3.8, 4) is 0 Å². The maximum absolute atomic E-state index is 4.85. The molecule has 3 rings (SSSR count). The van der Waals surface area contributed by atoms with E-state index in [9.17, 15) is 0 Å². The molecule has 0 spiro atoms. The lowest BCUT2D eigenvalue weighted by atomic mass is 10.1. The molecule has 6 heteroatoms. The predicted molar refractivity (Wildman–Crippen MR) is 124 cm³/mol. The van der Waals surface area contributed by atoms with Crippen molar-refractivity contribution in [3.63, 3.8) is 0 Å². The minimum atomic E-state index is 0.224. The molecule has 2 fully saturated rings. The molecule has 0 aromatic heterocycles. The molecule has 2 saturated heterocycles. The van der Waals surface area contributed by atoms with E-state index in [4.69, 9.17) is 4.99 Å². The number of rotatable bonds is 7. The highest BCUT2D eigenvalue weighted by Crippen LogP contribution is 2.23. The van der Waals surface area contributed by atoms with Gasteiger partial charge in [-0.25, -0.2) is 0 Å². The lowest BCUT2D eigenvalue weighted by Crippen LogP contribution is -2.39. The molecule has 1 aromatic rings. The molecule has 1 atom stereocenters. The van der Waals surface area contributed by atoms with Crippen molar-refractivity contribution in [2.24, 2.45) is 4.99 Å². The van der Waals surface area contributed by atoms with E-state index >= 15 is 0 Å². The summed E-state index contributed by atoms with van der Waals surface area (Å²) >= 11 is 0. The van der Waals surface area contributed by atoms with E-state index in [0.29, 0.717) is 0 Å². The Morgan fingerprint density at radius 3 is 2.69 bits per heavy atom. The van der Waals surface area contributed by atoms with Crippen molar-refractivity contribution >= 4 is 11.6 Å². The van der Waals surface area contributed by atoms with Gasteiger partial charge >= 0.3 is 0 Å². The molecule has 2 N–H and O–H groups in total. The molecule has 0 amide bonds. The van der Waals surface area contributed by atoms with Crippen LogP contribution in [-0.2, 0) is 0 Å². The van der Waals surface area contributed by atoms with Crippen LogP contribution in [0.5, 0.6) is 0 Å². The van der Waals surface area contributed by atoms with Crippen LogP contribution >= 0.6 is 0 Å². The first-order valence-corrected chi connectivity index (χ1v) is 11.5. The van der Waals surface area contributed by atoms with Crippen molar-refractivity contribution in [2.45, 2.75) is 39.2 Å². The second-order valence-corrected chi connectivity index (χ2v) is 8.41. The van der Waals surface area contributed by atoms with Gasteiger partial charge in [0.2, 0.25) is 0 Å². The summed E-state index contributed by atoms with van der Waals surface area (Å²) in [5, 5.41) is 7.01. The number of nitrogens with zero attached hydrogens (tertiary/aromatic N) is 4. The minimum Gasteiger partial charge on any atom is -0.372 e. The zero-order valence-corrected chi connectivity index (χ0v) is 18.7. The number of nitrogens with one attached hydrogen (secondary N) is 2. The Kier molecular flexibility index (Phi) is 8.62. The van der Waals surface area contributed by atoms with Gasteiger partial charge in [0.15, 0.2) is 5.96 Å². The van der Waals surface area contributed by atoms with Crippen LogP contribution in [0, 0.1) is 0 Å².